The molecule has 0 saturated carbocycles. The number of aliphatic carboxylic acids is 1. The van der Waals surface area contributed by atoms with Crippen molar-refractivity contribution in [3.05, 3.63) is 17.5 Å². The van der Waals surface area contributed by atoms with Crippen molar-refractivity contribution in [3.63, 3.8) is 0 Å². The number of nitrogens with zero attached hydrogens (tertiary/aromatic N) is 1. The fourth-order valence-electron chi connectivity index (χ4n) is 2.61. The molecular formula is C13H20N2O4S2. The van der Waals surface area contributed by atoms with Gasteiger partial charge in [-0.25, -0.2) is 13.1 Å². The minimum Gasteiger partial charge on any atom is -0.480 e. The highest BCUT2D eigenvalue weighted by atomic mass is 32.2. The zero-order valence-corrected chi connectivity index (χ0v) is 13.5. The maximum atomic E-state index is 12.1. The van der Waals surface area contributed by atoms with Gasteiger partial charge in [-0.05, 0) is 30.7 Å². The minimum atomic E-state index is -3.44. The van der Waals surface area contributed by atoms with Gasteiger partial charge >= 0.3 is 5.97 Å². The maximum absolute atomic E-state index is 12.1. The summed E-state index contributed by atoms with van der Waals surface area (Å²) >= 11 is 1.19. The summed E-state index contributed by atoms with van der Waals surface area (Å²) in [4.78, 5) is 13.1. The summed E-state index contributed by atoms with van der Waals surface area (Å²) in [5.74, 6) is -0.810. The van der Waals surface area contributed by atoms with E-state index < -0.39 is 22.0 Å². The van der Waals surface area contributed by atoms with Gasteiger partial charge in [0.25, 0.3) is 0 Å². The Kier molecular flexibility index (Phi) is 5.37. The number of likely N-dealkylation sites (tertiary alicyclic amines) is 1. The van der Waals surface area contributed by atoms with E-state index in [9.17, 15) is 13.2 Å². The van der Waals surface area contributed by atoms with Crippen molar-refractivity contribution in [1.82, 2.24) is 9.62 Å². The number of hydrogen-bond acceptors (Lipinski definition) is 5. The molecule has 0 aromatic carbocycles. The summed E-state index contributed by atoms with van der Waals surface area (Å²) in [6, 6.07) is 2.69. The standard InChI is InChI=1S/C13H20N2O4S2/c1-2-11(13(16)17)15-7-5-10(6-8-15)14-21(18,19)12-4-3-9-20-12/h3-4,9-11,14H,2,5-8H2,1H3,(H,16,17). The average molecular weight is 332 g/mol. The van der Waals surface area contributed by atoms with Crippen LogP contribution in [-0.4, -0.2) is 49.6 Å². The first-order valence-corrected chi connectivity index (χ1v) is 9.33. The Bertz CT molecular complexity index is 563. The van der Waals surface area contributed by atoms with Crippen molar-refractivity contribution in [2.75, 3.05) is 13.1 Å². The lowest BCUT2D eigenvalue weighted by atomic mass is 10.0. The van der Waals surface area contributed by atoms with Crippen LogP contribution in [0.5, 0.6) is 0 Å². The SMILES string of the molecule is CCC(C(=O)O)N1CCC(NS(=O)(=O)c2cccs2)CC1. The molecule has 1 fully saturated rings. The molecule has 1 unspecified atom stereocenters. The number of piperidine rings is 1. The van der Waals surface area contributed by atoms with E-state index in [1.807, 2.05) is 11.8 Å². The molecular weight excluding hydrogens is 312 g/mol. The van der Waals surface area contributed by atoms with Crippen LogP contribution < -0.4 is 4.72 Å². The van der Waals surface area contributed by atoms with E-state index in [0.717, 1.165) is 0 Å². The van der Waals surface area contributed by atoms with E-state index in [1.54, 1.807) is 17.5 Å². The molecule has 2 heterocycles. The number of carboxylic acids is 1. The van der Waals surface area contributed by atoms with Crippen molar-refractivity contribution >= 4 is 27.3 Å². The third-order valence-corrected chi connectivity index (χ3v) is 6.64. The second kappa shape index (κ2) is 6.87. The van der Waals surface area contributed by atoms with Crippen LogP contribution in [0.4, 0.5) is 0 Å². The van der Waals surface area contributed by atoms with Crippen LogP contribution in [-0.2, 0) is 14.8 Å². The Balaban J connectivity index is 1.91. The van der Waals surface area contributed by atoms with Gasteiger partial charge < -0.3 is 5.11 Å². The summed E-state index contributed by atoms with van der Waals surface area (Å²) in [6.07, 6.45) is 1.82. The summed E-state index contributed by atoms with van der Waals surface area (Å²) in [7, 11) is -3.44. The number of nitrogens with one attached hydrogen (secondary N) is 1. The Morgan fingerprint density at radius 3 is 2.67 bits per heavy atom. The first-order valence-electron chi connectivity index (χ1n) is 6.96. The van der Waals surface area contributed by atoms with Crippen molar-refractivity contribution < 1.29 is 18.3 Å². The predicted molar refractivity (Wildman–Crippen MR) is 81.0 cm³/mol. The fourth-order valence-corrected chi connectivity index (χ4v) is 4.93. The van der Waals surface area contributed by atoms with Crippen molar-refractivity contribution in [1.29, 1.82) is 0 Å². The molecule has 8 heteroatoms. The van der Waals surface area contributed by atoms with Gasteiger partial charge in [-0.1, -0.05) is 13.0 Å². The van der Waals surface area contributed by atoms with Crippen molar-refractivity contribution in [3.8, 4) is 0 Å². The van der Waals surface area contributed by atoms with Gasteiger partial charge in [0.2, 0.25) is 10.0 Å². The largest absolute Gasteiger partial charge is 0.480 e. The van der Waals surface area contributed by atoms with Gasteiger partial charge in [-0.15, -0.1) is 11.3 Å². The number of rotatable bonds is 6. The molecule has 118 valence electrons. The topological polar surface area (TPSA) is 86.7 Å². The van der Waals surface area contributed by atoms with E-state index in [-0.39, 0.29) is 6.04 Å². The number of carboxylic acid groups (broad SMARTS) is 1. The lowest BCUT2D eigenvalue weighted by Gasteiger charge is -2.35. The van der Waals surface area contributed by atoms with Crippen LogP contribution in [0.25, 0.3) is 0 Å². The lowest BCUT2D eigenvalue weighted by Crippen LogP contribution is -2.50. The maximum Gasteiger partial charge on any atom is 0.320 e. The molecule has 1 aliphatic rings. The van der Waals surface area contributed by atoms with Gasteiger partial charge in [0.05, 0.1) is 0 Å². The molecule has 0 aliphatic carbocycles. The molecule has 0 amide bonds. The van der Waals surface area contributed by atoms with Gasteiger partial charge in [0, 0.05) is 19.1 Å². The lowest BCUT2D eigenvalue weighted by molar-refractivity contribution is -0.143. The zero-order chi connectivity index (χ0) is 15.5. The Labute approximate surface area is 128 Å². The Morgan fingerprint density at radius 1 is 1.52 bits per heavy atom. The third-order valence-electron chi connectivity index (χ3n) is 3.72. The van der Waals surface area contributed by atoms with E-state index >= 15 is 0 Å². The van der Waals surface area contributed by atoms with Crippen LogP contribution in [0.2, 0.25) is 0 Å². The molecule has 2 N–H and O–H groups in total. The monoisotopic (exact) mass is 332 g/mol. The molecule has 1 atom stereocenters. The van der Waals surface area contributed by atoms with Crippen LogP contribution in [0.1, 0.15) is 26.2 Å². The van der Waals surface area contributed by atoms with Gasteiger partial charge in [0.1, 0.15) is 10.3 Å². The van der Waals surface area contributed by atoms with Gasteiger partial charge in [0.15, 0.2) is 0 Å². The third kappa shape index (κ3) is 4.03. The molecule has 0 radical (unpaired) electrons. The second-order valence-electron chi connectivity index (χ2n) is 5.13. The molecule has 0 bridgehead atoms. The van der Waals surface area contributed by atoms with Crippen LogP contribution in [0, 0.1) is 0 Å². The summed E-state index contributed by atoms with van der Waals surface area (Å²) in [6.45, 7) is 3.05. The molecule has 1 aromatic rings. The minimum absolute atomic E-state index is 0.125. The number of carbonyl (C=O) groups is 1. The normalized spacial score (nSPS) is 19.5. The summed E-state index contributed by atoms with van der Waals surface area (Å²) in [5, 5.41) is 10.9. The van der Waals surface area contributed by atoms with Crippen LogP contribution >= 0.6 is 11.3 Å². The Hall–Kier alpha value is -0.960. The van der Waals surface area contributed by atoms with Gasteiger partial charge in [-0.2, -0.15) is 0 Å². The Morgan fingerprint density at radius 2 is 2.19 bits per heavy atom. The van der Waals surface area contributed by atoms with E-state index in [2.05, 4.69) is 4.72 Å². The number of thiophene rings is 1. The number of hydrogen-bond donors (Lipinski definition) is 2. The fraction of sp³-hybridized carbons (Fsp3) is 0.615. The quantitative estimate of drug-likeness (QED) is 0.821. The molecule has 6 nitrogen and oxygen atoms in total. The van der Waals surface area contributed by atoms with Crippen LogP contribution in [0.15, 0.2) is 21.7 Å². The average Bonchev–Trinajstić information content (AvgIpc) is 2.95. The van der Waals surface area contributed by atoms with Crippen LogP contribution in [0.3, 0.4) is 0 Å². The summed E-state index contributed by atoms with van der Waals surface area (Å²) in [5.41, 5.74) is 0. The zero-order valence-electron chi connectivity index (χ0n) is 11.9. The molecule has 2 rings (SSSR count). The van der Waals surface area contributed by atoms with E-state index in [1.165, 1.54) is 11.3 Å². The highest BCUT2D eigenvalue weighted by Gasteiger charge is 2.30. The smallest absolute Gasteiger partial charge is 0.320 e. The molecule has 1 aromatic heterocycles. The highest BCUT2D eigenvalue weighted by Crippen LogP contribution is 2.20. The van der Waals surface area contributed by atoms with E-state index in [4.69, 9.17) is 5.11 Å². The summed E-state index contributed by atoms with van der Waals surface area (Å²) < 4.78 is 27.3. The predicted octanol–water partition coefficient (Wildman–Crippen LogP) is 1.35. The van der Waals surface area contributed by atoms with Gasteiger partial charge in [-0.3, -0.25) is 9.69 Å². The number of sulfonamides is 1. The molecule has 21 heavy (non-hydrogen) atoms. The second-order valence-corrected chi connectivity index (χ2v) is 8.01. The highest BCUT2D eigenvalue weighted by molar-refractivity contribution is 7.91. The first kappa shape index (κ1) is 16.4. The molecule has 0 spiro atoms. The van der Waals surface area contributed by atoms with E-state index in [0.29, 0.717) is 36.6 Å². The van der Waals surface area contributed by atoms with Crippen molar-refractivity contribution in [2.24, 2.45) is 0 Å². The van der Waals surface area contributed by atoms with Crippen molar-refractivity contribution in [2.45, 2.75) is 42.5 Å². The molecule has 1 saturated heterocycles. The molecule has 1 aliphatic heterocycles. The first-order chi connectivity index (χ1) is 9.94.